The Kier molecular flexibility index (Phi) is 3.19. The number of aromatic hydroxyl groups is 2. The van der Waals surface area contributed by atoms with Crippen LogP contribution in [0.5, 0.6) is 11.5 Å². The summed E-state index contributed by atoms with van der Waals surface area (Å²) >= 11 is 0. The predicted octanol–water partition coefficient (Wildman–Crippen LogP) is 2.66. The number of hydrogen-bond donors (Lipinski definition) is 3. The van der Waals surface area contributed by atoms with Crippen LogP contribution in [-0.2, 0) is 0 Å². The van der Waals surface area contributed by atoms with Gasteiger partial charge in [0.15, 0.2) is 0 Å². The fourth-order valence-electron chi connectivity index (χ4n) is 1.63. The number of benzene rings is 2. The van der Waals surface area contributed by atoms with Gasteiger partial charge in [0.25, 0.3) is 5.91 Å². The van der Waals surface area contributed by atoms with Crippen molar-refractivity contribution in [3.8, 4) is 11.5 Å². The van der Waals surface area contributed by atoms with Gasteiger partial charge in [-0.25, -0.2) is 0 Å². The molecule has 4 heteroatoms. The molecule has 0 saturated heterocycles. The van der Waals surface area contributed by atoms with Crippen LogP contribution in [0, 0.1) is 6.92 Å². The Morgan fingerprint density at radius 2 is 1.89 bits per heavy atom. The number of phenols is 2. The highest BCUT2D eigenvalue weighted by molar-refractivity contribution is 6.06. The number of rotatable bonds is 2. The van der Waals surface area contributed by atoms with Crippen molar-refractivity contribution >= 4 is 11.6 Å². The highest BCUT2D eigenvalue weighted by Crippen LogP contribution is 2.23. The summed E-state index contributed by atoms with van der Waals surface area (Å²) < 4.78 is 0. The van der Waals surface area contributed by atoms with Crippen LogP contribution in [0.1, 0.15) is 15.9 Å². The number of nitrogens with one attached hydrogen (secondary N) is 1. The van der Waals surface area contributed by atoms with Crippen molar-refractivity contribution in [2.24, 2.45) is 0 Å². The van der Waals surface area contributed by atoms with E-state index in [2.05, 4.69) is 5.32 Å². The summed E-state index contributed by atoms with van der Waals surface area (Å²) in [6.45, 7) is 1.92. The Balaban J connectivity index is 2.22. The first kappa shape index (κ1) is 12.0. The second kappa shape index (κ2) is 4.79. The van der Waals surface area contributed by atoms with Crippen LogP contribution in [0.2, 0.25) is 0 Å². The fourth-order valence-corrected chi connectivity index (χ4v) is 1.63. The smallest absolute Gasteiger partial charge is 0.259 e. The van der Waals surface area contributed by atoms with Crippen molar-refractivity contribution in [3.63, 3.8) is 0 Å². The van der Waals surface area contributed by atoms with Gasteiger partial charge in [0, 0.05) is 11.8 Å². The molecule has 0 atom stereocenters. The molecule has 0 aromatic heterocycles. The quantitative estimate of drug-likeness (QED) is 0.759. The molecule has 2 aromatic carbocycles. The second-order valence-corrected chi connectivity index (χ2v) is 4.03. The van der Waals surface area contributed by atoms with Crippen molar-refractivity contribution < 1.29 is 15.0 Å². The second-order valence-electron chi connectivity index (χ2n) is 4.03. The zero-order valence-electron chi connectivity index (χ0n) is 9.84. The molecule has 0 aliphatic rings. The molecule has 0 fully saturated rings. The minimum Gasteiger partial charge on any atom is -0.508 e. The molecule has 0 bridgehead atoms. The molecule has 4 nitrogen and oxygen atoms in total. The standard InChI is InChI=1S/C14H13NO3/c1-9-3-2-4-10(7-9)15-14(18)12-6-5-11(16)8-13(12)17/h2-8,16-17H,1H3,(H,15,18). The van der Waals surface area contributed by atoms with Crippen molar-refractivity contribution in [2.75, 3.05) is 5.32 Å². The SMILES string of the molecule is Cc1cccc(NC(=O)c2ccc(O)cc2O)c1. The summed E-state index contributed by atoms with van der Waals surface area (Å²) in [4.78, 5) is 11.9. The lowest BCUT2D eigenvalue weighted by Crippen LogP contribution is -2.11. The van der Waals surface area contributed by atoms with E-state index in [-0.39, 0.29) is 17.1 Å². The van der Waals surface area contributed by atoms with Gasteiger partial charge in [-0.15, -0.1) is 0 Å². The van der Waals surface area contributed by atoms with Gasteiger partial charge in [0.05, 0.1) is 5.56 Å². The molecule has 18 heavy (non-hydrogen) atoms. The highest BCUT2D eigenvalue weighted by atomic mass is 16.3. The van der Waals surface area contributed by atoms with Gasteiger partial charge in [-0.3, -0.25) is 4.79 Å². The number of anilines is 1. The van der Waals surface area contributed by atoms with Crippen LogP contribution in [0.15, 0.2) is 42.5 Å². The monoisotopic (exact) mass is 243 g/mol. The Morgan fingerprint density at radius 1 is 1.11 bits per heavy atom. The summed E-state index contributed by atoms with van der Waals surface area (Å²) in [5.74, 6) is -0.752. The summed E-state index contributed by atoms with van der Waals surface area (Å²) in [7, 11) is 0. The third kappa shape index (κ3) is 2.60. The van der Waals surface area contributed by atoms with E-state index in [1.165, 1.54) is 12.1 Å². The Labute approximate surface area is 105 Å². The van der Waals surface area contributed by atoms with Crippen molar-refractivity contribution in [1.82, 2.24) is 0 Å². The zero-order chi connectivity index (χ0) is 13.1. The van der Waals surface area contributed by atoms with Gasteiger partial charge in [0.2, 0.25) is 0 Å². The largest absolute Gasteiger partial charge is 0.508 e. The average molecular weight is 243 g/mol. The van der Waals surface area contributed by atoms with Gasteiger partial charge in [-0.05, 0) is 36.8 Å². The topological polar surface area (TPSA) is 69.6 Å². The molecule has 92 valence electrons. The Bertz CT molecular complexity index is 593. The fraction of sp³-hybridized carbons (Fsp3) is 0.0714. The van der Waals surface area contributed by atoms with E-state index in [0.717, 1.165) is 11.6 Å². The molecule has 0 radical (unpaired) electrons. The van der Waals surface area contributed by atoms with Gasteiger partial charge in [-0.2, -0.15) is 0 Å². The van der Waals surface area contributed by atoms with Gasteiger partial charge in [-0.1, -0.05) is 12.1 Å². The molecule has 0 aliphatic carbocycles. The number of carbonyl (C=O) groups excluding carboxylic acids is 1. The van der Waals surface area contributed by atoms with Gasteiger partial charge < -0.3 is 15.5 Å². The molecule has 0 aliphatic heterocycles. The maximum Gasteiger partial charge on any atom is 0.259 e. The normalized spacial score (nSPS) is 10.1. The molecule has 0 heterocycles. The van der Waals surface area contributed by atoms with Crippen molar-refractivity contribution in [1.29, 1.82) is 0 Å². The maximum absolute atomic E-state index is 11.9. The summed E-state index contributed by atoms with van der Waals surface area (Å²) in [6, 6.07) is 11.2. The van der Waals surface area contributed by atoms with Crippen molar-refractivity contribution in [3.05, 3.63) is 53.6 Å². The molecular formula is C14H13NO3. The zero-order valence-corrected chi connectivity index (χ0v) is 9.84. The van der Waals surface area contributed by atoms with E-state index in [1.54, 1.807) is 6.07 Å². The predicted molar refractivity (Wildman–Crippen MR) is 68.9 cm³/mol. The lowest BCUT2D eigenvalue weighted by molar-refractivity contribution is 0.102. The molecule has 1 amide bonds. The minimum atomic E-state index is -0.418. The molecule has 2 rings (SSSR count). The summed E-state index contributed by atoms with van der Waals surface area (Å²) in [5, 5.41) is 21.4. The van der Waals surface area contributed by atoms with Crippen LogP contribution < -0.4 is 5.32 Å². The van der Waals surface area contributed by atoms with E-state index in [9.17, 15) is 9.90 Å². The lowest BCUT2D eigenvalue weighted by Gasteiger charge is -2.07. The molecule has 3 N–H and O–H groups in total. The Morgan fingerprint density at radius 3 is 2.56 bits per heavy atom. The minimum absolute atomic E-state index is 0.0837. The van der Waals surface area contributed by atoms with Crippen molar-refractivity contribution in [2.45, 2.75) is 6.92 Å². The number of carbonyl (C=O) groups is 1. The van der Waals surface area contributed by atoms with E-state index in [1.807, 2.05) is 25.1 Å². The third-order valence-corrected chi connectivity index (χ3v) is 2.50. The molecule has 0 unspecified atom stereocenters. The third-order valence-electron chi connectivity index (χ3n) is 2.50. The Hall–Kier alpha value is -2.49. The molecular weight excluding hydrogens is 230 g/mol. The van der Waals surface area contributed by atoms with Crippen LogP contribution in [0.25, 0.3) is 0 Å². The summed E-state index contributed by atoms with van der Waals surface area (Å²) in [5.41, 5.74) is 1.81. The van der Waals surface area contributed by atoms with E-state index in [4.69, 9.17) is 5.11 Å². The summed E-state index contributed by atoms with van der Waals surface area (Å²) in [6.07, 6.45) is 0. The number of aryl methyl sites for hydroxylation is 1. The van der Waals surface area contributed by atoms with E-state index < -0.39 is 5.91 Å². The first-order valence-electron chi connectivity index (χ1n) is 5.46. The van der Waals surface area contributed by atoms with Gasteiger partial charge >= 0.3 is 0 Å². The van der Waals surface area contributed by atoms with Crippen LogP contribution in [-0.4, -0.2) is 16.1 Å². The number of hydrogen-bond acceptors (Lipinski definition) is 3. The van der Waals surface area contributed by atoms with Gasteiger partial charge in [0.1, 0.15) is 11.5 Å². The highest BCUT2D eigenvalue weighted by Gasteiger charge is 2.11. The van der Waals surface area contributed by atoms with E-state index >= 15 is 0 Å². The van der Waals surface area contributed by atoms with Crippen LogP contribution >= 0.6 is 0 Å². The van der Waals surface area contributed by atoms with Crippen LogP contribution in [0.3, 0.4) is 0 Å². The first-order chi connectivity index (χ1) is 8.56. The maximum atomic E-state index is 11.9. The molecule has 0 saturated carbocycles. The lowest BCUT2D eigenvalue weighted by atomic mass is 10.1. The number of amides is 1. The van der Waals surface area contributed by atoms with E-state index in [0.29, 0.717) is 5.69 Å². The molecule has 0 spiro atoms. The van der Waals surface area contributed by atoms with Crippen LogP contribution in [0.4, 0.5) is 5.69 Å². The first-order valence-corrected chi connectivity index (χ1v) is 5.46. The average Bonchev–Trinajstić information content (AvgIpc) is 2.28. The number of phenolic OH excluding ortho intramolecular Hbond substituents is 2. The molecule has 2 aromatic rings.